The molecule has 114 valence electrons. The van der Waals surface area contributed by atoms with Crippen molar-refractivity contribution in [3.63, 3.8) is 0 Å². The summed E-state index contributed by atoms with van der Waals surface area (Å²) in [6.07, 6.45) is 2.37. The van der Waals surface area contributed by atoms with E-state index in [2.05, 4.69) is 27.9 Å². The fraction of sp³-hybridized carbons (Fsp3) is 0.769. The van der Waals surface area contributed by atoms with Crippen LogP contribution in [0.5, 0.6) is 0 Å². The van der Waals surface area contributed by atoms with Gasteiger partial charge in [0.05, 0.1) is 5.69 Å². The molecule has 1 heterocycles. The van der Waals surface area contributed by atoms with Crippen LogP contribution < -0.4 is 10.6 Å². The second-order valence-corrected chi connectivity index (χ2v) is 5.75. The molecular weight excluding hydrogens is 258 g/mol. The van der Waals surface area contributed by atoms with Crippen molar-refractivity contribution in [3.05, 3.63) is 11.9 Å². The molecule has 0 aliphatic heterocycles. The van der Waals surface area contributed by atoms with Gasteiger partial charge in [-0.25, -0.2) is 4.79 Å². The summed E-state index contributed by atoms with van der Waals surface area (Å²) in [6, 6.07) is 0.171. The van der Waals surface area contributed by atoms with Crippen LogP contribution in [0, 0.1) is 0 Å². The lowest BCUT2D eigenvalue weighted by atomic mass is 10.2. The largest absolute Gasteiger partial charge is 0.444 e. The molecule has 1 atom stereocenters. The lowest BCUT2D eigenvalue weighted by Crippen LogP contribution is -2.42. The van der Waals surface area contributed by atoms with E-state index in [9.17, 15) is 4.79 Å². The summed E-state index contributed by atoms with van der Waals surface area (Å²) in [5.41, 5.74) is 0.405. The van der Waals surface area contributed by atoms with Gasteiger partial charge in [0, 0.05) is 32.4 Å². The zero-order valence-electron chi connectivity index (χ0n) is 12.9. The summed E-state index contributed by atoms with van der Waals surface area (Å²) >= 11 is 0. The maximum Gasteiger partial charge on any atom is 0.407 e. The average Bonchev–Trinajstić information content (AvgIpc) is 2.73. The van der Waals surface area contributed by atoms with Crippen LogP contribution in [0.1, 0.15) is 39.8 Å². The van der Waals surface area contributed by atoms with Crippen molar-refractivity contribution in [3.8, 4) is 0 Å². The van der Waals surface area contributed by atoms with Crippen molar-refractivity contribution in [2.24, 2.45) is 7.05 Å². The van der Waals surface area contributed by atoms with Gasteiger partial charge in [0.2, 0.25) is 0 Å². The number of alkyl carbamates (subject to hydrolysis) is 1. The monoisotopic (exact) mass is 283 g/mol. The molecule has 1 rings (SSSR count). The van der Waals surface area contributed by atoms with Crippen LogP contribution >= 0.6 is 0 Å². The molecular formula is C13H25N5O2. The Bertz CT molecular complexity index is 425. The Hall–Kier alpha value is -1.63. The van der Waals surface area contributed by atoms with Gasteiger partial charge in [0.15, 0.2) is 0 Å². The Morgan fingerprint density at radius 1 is 1.50 bits per heavy atom. The standard InChI is InChI=1S/C13H25N5O2/c1-6-10(7-15-12(19)20-13(2,3)4)14-8-11-9-18(5)17-16-11/h9-10,14H,6-8H2,1-5H3,(H,15,19). The fourth-order valence-electron chi connectivity index (χ4n) is 1.61. The molecule has 0 saturated heterocycles. The number of nitrogens with one attached hydrogen (secondary N) is 2. The van der Waals surface area contributed by atoms with Gasteiger partial charge in [-0.05, 0) is 27.2 Å². The molecule has 0 bridgehead atoms. The van der Waals surface area contributed by atoms with E-state index in [1.165, 1.54) is 0 Å². The number of ether oxygens (including phenoxy) is 1. The van der Waals surface area contributed by atoms with E-state index in [0.717, 1.165) is 12.1 Å². The van der Waals surface area contributed by atoms with Crippen LogP contribution in [0.4, 0.5) is 4.79 Å². The van der Waals surface area contributed by atoms with Crippen molar-refractivity contribution in [1.82, 2.24) is 25.6 Å². The molecule has 1 unspecified atom stereocenters. The fourth-order valence-corrected chi connectivity index (χ4v) is 1.61. The second-order valence-electron chi connectivity index (χ2n) is 5.75. The minimum absolute atomic E-state index is 0.171. The molecule has 1 aromatic heterocycles. The van der Waals surface area contributed by atoms with Gasteiger partial charge >= 0.3 is 6.09 Å². The molecule has 0 aromatic carbocycles. The lowest BCUT2D eigenvalue weighted by molar-refractivity contribution is 0.0522. The number of nitrogens with zero attached hydrogens (tertiary/aromatic N) is 3. The van der Waals surface area contributed by atoms with Crippen LogP contribution in [-0.2, 0) is 18.3 Å². The van der Waals surface area contributed by atoms with Gasteiger partial charge in [-0.2, -0.15) is 0 Å². The van der Waals surface area contributed by atoms with Gasteiger partial charge in [-0.3, -0.25) is 4.68 Å². The first kappa shape index (κ1) is 16.4. The van der Waals surface area contributed by atoms with Crippen LogP contribution in [0.15, 0.2) is 6.20 Å². The SMILES string of the molecule is CCC(CNC(=O)OC(C)(C)C)NCc1cn(C)nn1. The van der Waals surface area contributed by atoms with Crippen LogP contribution in [0.3, 0.4) is 0 Å². The van der Waals surface area contributed by atoms with Gasteiger partial charge in [-0.15, -0.1) is 5.10 Å². The van der Waals surface area contributed by atoms with E-state index in [0.29, 0.717) is 13.1 Å². The number of rotatable bonds is 6. The molecule has 0 fully saturated rings. The van der Waals surface area contributed by atoms with E-state index in [-0.39, 0.29) is 6.04 Å². The normalized spacial score (nSPS) is 13.1. The van der Waals surface area contributed by atoms with Crippen LogP contribution in [-0.4, -0.2) is 39.3 Å². The summed E-state index contributed by atoms with van der Waals surface area (Å²) < 4.78 is 6.86. The van der Waals surface area contributed by atoms with E-state index in [1.807, 2.05) is 34.0 Å². The van der Waals surface area contributed by atoms with Crippen molar-refractivity contribution < 1.29 is 9.53 Å². The summed E-state index contributed by atoms with van der Waals surface area (Å²) in [4.78, 5) is 11.6. The Kier molecular flexibility index (Phi) is 5.94. The topological polar surface area (TPSA) is 81.1 Å². The first-order valence-electron chi connectivity index (χ1n) is 6.85. The number of carbonyl (C=O) groups excluding carboxylic acids is 1. The second kappa shape index (κ2) is 7.23. The number of aromatic nitrogens is 3. The van der Waals surface area contributed by atoms with E-state index >= 15 is 0 Å². The molecule has 0 spiro atoms. The number of hydrogen-bond acceptors (Lipinski definition) is 5. The highest BCUT2D eigenvalue weighted by atomic mass is 16.6. The molecule has 7 nitrogen and oxygen atoms in total. The molecule has 7 heteroatoms. The Morgan fingerprint density at radius 2 is 2.20 bits per heavy atom. The lowest BCUT2D eigenvalue weighted by Gasteiger charge is -2.22. The number of aryl methyl sites for hydroxylation is 1. The highest BCUT2D eigenvalue weighted by molar-refractivity contribution is 5.67. The van der Waals surface area contributed by atoms with Crippen molar-refractivity contribution in [2.45, 2.75) is 52.3 Å². The van der Waals surface area contributed by atoms with Crippen molar-refractivity contribution in [2.75, 3.05) is 6.54 Å². The molecule has 0 radical (unpaired) electrons. The molecule has 0 aliphatic rings. The third-order valence-electron chi connectivity index (χ3n) is 2.61. The van der Waals surface area contributed by atoms with Gasteiger partial charge in [0.1, 0.15) is 5.60 Å². The molecule has 1 amide bonds. The molecule has 0 saturated carbocycles. The van der Waals surface area contributed by atoms with Gasteiger partial charge < -0.3 is 15.4 Å². The summed E-state index contributed by atoms with van der Waals surface area (Å²) in [5.74, 6) is 0. The third-order valence-corrected chi connectivity index (χ3v) is 2.61. The predicted octanol–water partition coefficient (Wildman–Crippen LogP) is 1.21. The number of amides is 1. The van der Waals surface area contributed by atoms with Crippen LogP contribution in [0.2, 0.25) is 0 Å². The highest BCUT2D eigenvalue weighted by Crippen LogP contribution is 2.06. The first-order valence-corrected chi connectivity index (χ1v) is 6.85. The third kappa shape index (κ3) is 6.51. The van der Waals surface area contributed by atoms with E-state index < -0.39 is 11.7 Å². The minimum atomic E-state index is -0.473. The quantitative estimate of drug-likeness (QED) is 0.820. The number of hydrogen-bond donors (Lipinski definition) is 2. The Balaban J connectivity index is 2.30. The molecule has 2 N–H and O–H groups in total. The smallest absolute Gasteiger partial charge is 0.407 e. The maximum absolute atomic E-state index is 11.6. The van der Waals surface area contributed by atoms with E-state index in [1.54, 1.807) is 4.68 Å². The Morgan fingerprint density at radius 3 is 2.70 bits per heavy atom. The summed E-state index contributed by atoms with van der Waals surface area (Å²) in [6.45, 7) is 8.74. The molecule has 20 heavy (non-hydrogen) atoms. The van der Waals surface area contributed by atoms with E-state index in [4.69, 9.17) is 4.74 Å². The average molecular weight is 283 g/mol. The summed E-state index contributed by atoms with van der Waals surface area (Å²) in [7, 11) is 1.83. The predicted molar refractivity (Wildman–Crippen MR) is 76.2 cm³/mol. The number of carbonyl (C=O) groups is 1. The maximum atomic E-state index is 11.6. The van der Waals surface area contributed by atoms with Gasteiger partial charge in [0.25, 0.3) is 0 Å². The highest BCUT2D eigenvalue weighted by Gasteiger charge is 2.17. The first-order chi connectivity index (χ1) is 9.30. The van der Waals surface area contributed by atoms with Crippen LogP contribution in [0.25, 0.3) is 0 Å². The zero-order valence-corrected chi connectivity index (χ0v) is 12.9. The van der Waals surface area contributed by atoms with Crippen molar-refractivity contribution >= 4 is 6.09 Å². The van der Waals surface area contributed by atoms with Crippen molar-refractivity contribution in [1.29, 1.82) is 0 Å². The Labute approximate surface area is 120 Å². The minimum Gasteiger partial charge on any atom is -0.444 e. The summed E-state index contributed by atoms with van der Waals surface area (Å²) in [5, 5.41) is 14.0. The molecule has 0 aliphatic carbocycles. The van der Waals surface area contributed by atoms with Gasteiger partial charge in [-0.1, -0.05) is 12.1 Å². The zero-order chi connectivity index (χ0) is 15.2. The molecule has 1 aromatic rings.